The van der Waals surface area contributed by atoms with E-state index in [9.17, 15) is 4.79 Å². The number of hydrogen-bond acceptors (Lipinski definition) is 2. The lowest BCUT2D eigenvalue weighted by molar-refractivity contribution is -0.114. The van der Waals surface area contributed by atoms with Crippen LogP contribution in [-0.2, 0) is 4.79 Å². The Hall–Kier alpha value is -2.36. The molecule has 84 valence electrons. The molecule has 1 aromatic carbocycles. The van der Waals surface area contributed by atoms with Gasteiger partial charge in [0.2, 0.25) is 5.91 Å². The lowest BCUT2D eigenvalue weighted by atomic mass is 10.2. The van der Waals surface area contributed by atoms with Gasteiger partial charge < -0.3 is 10.3 Å². The van der Waals surface area contributed by atoms with Gasteiger partial charge in [0.15, 0.2) is 0 Å². The zero-order valence-electron chi connectivity index (χ0n) is 9.32. The third-order valence-corrected chi connectivity index (χ3v) is 2.69. The minimum Gasteiger partial charge on any atom is -0.354 e. The molecule has 3 aromatic rings. The number of anilines is 1. The van der Waals surface area contributed by atoms with Crippen molar-refractivity contribution in [3.8, 4) is 0 Å². The highest BCUT2D eigenvalue weighted by Crippen LogP contribution is 2.25. The molecule has 4 nitrogen and oxygen atoms in total. The van der Waals surface area contributed by atoms with Crippen molar-refractivity contribution >= 4 is 33.5 Å². The fourth-order valence-electron chi connectivity index (χ4n) is 1.99. The molecule has 0 atom stereocenters. The van der Waals surface area contributed by atoms with E-state index in [1.807, 2.05) is 30.3 Å². The molecule has 0 radical (unpaired) electrons. The van der Waals surface area contributed by atoms with Crippen LogP contribution in [0.15, 0.2) is 36.5 Å². The van der Waals surface area contributed by atoms with E-state index in [1.54, 1.807) is 6.20 Å². The van der Waals surface area contributed by atoms with E-state index in [0.717, 1.165) is 21.8 Å². The quantitative estimate of drug-likeness (QED) is 0.669. The summed E-state index contributed by atoms with van der Waals surface area (Å²) >= 11 is 0. The number of pyridine rings is 1. The molecule has 0 spiro atoms. The number of H-pyrrole nitrogens is 1. The molecule has 3 rings (SSSR count). The van der Waals surface area contributed by atoms with Gasteiger partial charge in [-0.05, 0) is 6.07 Å². The lowest BCUT2D eigenvalue weighted by Crippen LogP contribution is -2.06. The summed E-state index contributed by atoms with van der Waals surface area (Å²) in [5.74, 6) is 0.449. The second-order valence-corrected chi connectivity index (χ2v) is 3.97. The standard InChI is InChI=1S/C13H11N3O/c1-8(17)15-13-6-12-10(7-14-13)9-4-2-3-5-11(9)16-12/h2-7,16H,1H3,(H,14,15,17). The monoisotopic (exact) mass is 225 g/mol. The Kier molecular flexibility index (Phi) is 2.08. The predicted octanol–water partition coefficient (Wildman–Crippen LogP) is 2.67. The molecule has 0 aliphatic heterocycles. The largest absolute Gasteiger partial charge is 0.354 e. The Morgan fingerprint density at radius 2 is 2.06 bits per heavy atom. The van der Waals surface area contributed by atoms with Gasteiger partial charge in [0.1, 0.15) is 5.82 Å². The van der Waals surface area contributed by atoms with E-state index in [-0.39, 0.29) is 5.91 Å². The summed E-state index contributed by atoms with van der Waals surface area (Å²) in [5.41, 5.74) is 2.05. The lowest BCUT2D eigenvalue weighted by Gasteiger charge is -1.99. The summed E-state index contributed by atoms with van der Waals surface area (Å²) in [7, 11) is 0. The van der Waals surface area contributed by atoms with Gasteiger partial charge in [0, 0.05) is 35.5 Å². The van der Waals surface area contributed by atoms with E-state index in [2.05, 4.69) is 15.3 Å². The highest BCUT2D eigenvalue weighted by Gasteiger charge is 2.05. The van der Waals surface area contributed by atoms with Crippen molar-refractivity contribution in [1.82, 2.24) is 9.97 Å². The Balaban J connectivity index is 2.23. The van der Waals surface area contributed by atoms with Crippen LogP contribution in [0.25, 0.3) is 21.8 Å². The van der Waals surface area contributed by atoms with Gasteiger partial charge >= 0.3 is 0 Å². The van der Waals surface area contributed by atoms with Crippen molar-refractivity contribution in [2.45, 2.75) is 6.92 Å². The number of rotatable bonds is 1. The molecule has 1 amide bonds. The highest BCUT2D eigenvalue weighted by molar-refractivity contribution is 6.07. The van der Waals surface area contributed by atoms with Crippen LogP contribution < -0.4 is 5.32 Å². The van der Waals surface area contributed by atoms with Crippen LogP contribution in [0.5, 0.6) is 0 Å². The first kappa shape index (κ1) is 9.84. The molecule has 0 aliphatic rings. The van der Waals surface area contributed by atoms with Gasteiger partial charge in [-0.3, -0.25) is 4.79 Å². The average molecular weight is 225 g/mol. The second-order valence-electron chi connectivity index (χ2n) is 3.97. The van der Waals surface area contributed by atoms with Crippen LogP contribution in [0.2, 0.25) is 0 Å². The smallest absolute Gasteiger partial charge is 0.222 e. The van der Waals surface area contributed by atoms with Gasteiger partial charge in [-0.1, -0.05) is 18.2 Å². The number of nitrogens with zero attached hydrogens (tertiary/aromatic N) is 1. The van der Waals surface area contributed by atoms with E-state index in [1.165, 1.54) is 6.92 Å². The van der Waals surface area contributed by atoms with Crippen LogP contribution in [0, 0.1) is 0 Å². The van der Waals surface area contributed by atoms with Crippen molar-refractivity contribution in [3.63, 3.8) is 0 Å². The maximum Gasteiger partial charge on any atom is 0.222 e. The first-order valence-electron chi connectivity index (χ1n) is 5.38. The van der Waals surface area contributed by atoms with Crippen molar-refractivity contribution in [2.24, 2.45) is 0 Å². The van der Waals surface area contributed by atoms with Gasteiger partial charge in [0.05, 0.1) is 5.52 Å². The molecule has 2 aromatic heterocycles. The molecule has 0 bridgehead atoms. The number of amides is 1. The summed E-state index contributed by atoms with van der Waals surface area (Å²) in [4.78, 5) is 18.5. The van der Waals surface area contributed by atoms with Crippen molar-refractivity contribution in [3.05, 3.63) is 36.5 Å². The Morgan fingerprint density at radius 3 is 2.88 bits per heavy atom. The maximum absolute atomic E-state index is 11.0. The summed E-state index contributed by atoms with van der Waals surface area (Å²) in [5, 5.41) is 4.88. The van der Waals surface area contributed by atoms with Crippen molar-refractivity contribution in [1.29, 1.82) is 0 Å². The maximum atomic E-state index is 11.0. The van der Waals surface area contributed by atoms with Gasteiger partial charge in [-0.2, -0.15) is 0 Å². The number of para-hydroxylation sites is 1. The zero-order chi connectivity index (χ0) is 11.8. The summed E-state index contributed by atoms with van der Waals surface area (Å²) < 4.78 is 0. The third-order valence-electron chi connectivity index (χ3n) is 2.69. The van der Waals surface area contributed by atoms with Gasteiger partial charge in [0.25, 0.3) is 0 Å². The zero-order valence-corrected chi connectivity index (χ0v) is 9.32. The molecule has 4 heteroatoms. The normalized spacial score (nSPS) is 10.9. The molecule has 0 saturated carbocycles. The second kappa shape index (κ2) is 3.59. The molecule has 2 heterocycles. The number of hydrogen-bond donors (Lipinski definition) is 2. The van der Waals surface area contributed by atoms with Crippen molar-refractivity contribution in [2.75, 3.05) is 5.32 Å². The summed E-state index contributed by atoms with van der Waals surface area (Å²) in [6.07, 6.45) is 1.78. The Morgan fingerprint density at radius 1 is 1.24 bits per heavy atom. The number of aromatic nitrogens is 2. The molecule has 0 aliphatic carbocycles. The molecule has 0 unspecified atom stereocenters. The van der Waals surface area contributed by atoms with Crippen LogP contribution >= 0.6 is 0 Å². The average Bonchev–Trinajstić information content (AvgIpc) is 2.65. The van der Waals surface area contributed by atoms with Crippen molar-refractivity contribution < 1.29 is 4.79 Å². The van der Waals surface area contributed by atoms with E-state index in [0.29, 0.717) is 5.82 Å². The van der Waals surface area contributed by atoms with Crippen LogP contribution in [0.3, 0.4) is 0 Å². The minimum absolute atomic E-state index is 0.118. The summed E-state index contributed by atoms with van der Waals surface area (Å²) in [6, 6.07) is 9.90. The first-order chi connectivity index (χ1) is 8.24. The Bertz CT molecular complexity index is 715. The number of benzene rings is 1. The SMILES string of the molecule is CC(=O)Nc1cc2[nH]c3ccccc3c2cn1. The fourth-order valence-corrected chi connectivity index (χ4v) is 1.99. The van der Waals surface area contributed by atoms with E-state index < -0.39 is 0 Å². The highest BCUT2D eigenvalue weighted by atomic mass is 16.1. The third kappa shape index (κ3) is 1.63. The van der Waals surface area contributed by atoms with Crippen LogP contribution in [0.4, 0.5) is 5.82 Å². The van der Waals surface area contributed by atoms with E-state index in [4.69, 9.17) is 0 Å². The van der Waals surface area contributed by atoms with Gasteiger partial charge in [-0.15, -0.1) is 0 Å². The minimum atomic E-state index is -0.118. The van der Waals surface area contributed by atoms with E-state index >= 15 is 0 Å². The molecule has 2 N–H and O–H groups in total. The number of fused-ring (bicyclic) bond motifs is 3. The Labute approximate surface area is 97.7 Å². The molecular formula is C13H11N3O. The van der Waals surface area contributed by atoms with Gasteiger partial charge in [-0.25, -0.2) is 4.98 Å². The molecule has 0 fully saturated rings. The number of carbonyl (C=O) groups excluding carboxylic acids is 1. The summed E-state index contributed by atoms with van der Waals surface area (Å²) in [6.45, 7) is 1.47. The molecule has 17 heavy (non-hydrogen) atoms. The fraction of sp³-hybridized carbons (Fsp3) is 0.0769. The predicted molar refractivity (Wildman–Crippen MR) is 67.9 cm³/mol. The molecular weight excluding hydrogens is 214 g/mol. The molecule has 0 saturated heterocycles. The van der Waals surface area contributed by atoms with Crippen LogP contribution in [0.1, 0.15) is 6.92 Å². The number of aromatic amines is 1. The topological polar surface area (TPSA) is 57.8 Å². The van der Waals surface area contributed by atoms with Crippen LogP contribution in [-0.4, -0.2) is 15.9 Å². The first-order valence-corrected chi connectivity index (χ1v) is 5.38. The number of carbonyl (C=O) groups is 1. The number of nitrogens with one attached hydrogen (secondary N) is 2.